The smallest absolute Gasteiger partial charge is 0.323 e. The highest BCUT2D eigenvalue weighted by atomic mass is 16.5. The maximum absolute atomic E-state index is 12.7. The number of rotatable bonds is 11. The number of nitrogens with zero attached hydrogens (tertiary/aromatic N) is 1. The Morgan fingerprint density at radius 1 is 1.00 bits per heavy atom. The molecule has 0 radical (unpaired) electrons. The molecule has 0 aliphatic carbocycles. The second-order valence-corrected chi connectivity index (χ2v) is 6.51. The fourth-order valence-electron chi connectivity index (χ4n) is 2.66. The van der Waals surface area contributed by atoms with Crippen LogP contribution in [0.2, 0.25) is 0 Å². The van der Waals surface area contributed by atoms with E-state index in [1.807, 2.05) is 30.3 Å². The van der Waals surface area contributed by atoms with Gasteiger partial charge in [0.2, 0.25) is 0 Å². The van der Waals surface area contributed by atoms with Gasteiger partial charge >= 0.3 is 11.9 Å². The number of carboxylic acids is 2. The third-order valence-corrected chi connectivity index (χ3v) is 4.22. The summed E-state index contributed by atoms with van der Waals surface area (Å²) in [6, 6.07) is 15.0. The molecular formula is C21H24N2O6. The Morgan fingerprint density at radius 2 is 1.66 bits per heavy atom. The summed E-state index contributed by atoms with van der Waals surface area (Å²) in [6.07, 6.45) is 0.426. The molecule has 0 aromatic heterocycles. The van der Waals surface area contributed by atoms with Crippen LogP contribution in [0.15, 0.2) is 54.6 Å². The number of carboxylic acid groups (broad SMARTS) is 2. The molecule has 0 bridgehead atoms. The topological polar surface area (TPSA) is 130 Å². The molecule has 8 nitrogen and oxygen atoms in total. The fraction of sp³-hybridized carbons (Fsp3) is 0.286. The molecule has 0 aliphatic rings. The van der Waals surface area contributed by atoms with E-state index in [1.165, 1.54) is 0 Å². The third-order valence-electron chi connectivity index (χ3n) is 4.22. The predicted molar refractivity (Wildman–Crippen MR) is 106 cm³/mol. The van der Waals surface area contributed by atoms with Crippen LogP contribution >= 0.6 is 0 Å². The zero-order valence-corrected chi connectivity index (χ0v) is 15.9. The number of benzene rings is 2. The Morgan fingerprint density at radius 3 is 2.24 bits per heavy atom. The lowest BCUT2D eigenvalue weighted by Gasteiger charge is -2.21. The molecule has 0 saturated heterocycles. The maximum Gasteiger partial charge on any atom is 0.323 e. The summed E-state index contributed by atoms with van der Waals surface area (Å²) in [5.41, 5.74) is 6.78. The van der Waals surface area contributed by atoms with Crippen molar-refractivity contribution in [3.63, 3.8) is 0 Å². The van der Waals surface area contributed by atoms with Crippen molar-refractivity contribution in [1.29, 1.82) is 0 Å². The molecule has 1 amide bonds. The Hall–Kier alpha value is -3.39. The lowest BCUT2D eigenvalue weighted by Crippen LogP contribution is -2.37. The van der Waals surface area contributed by atoms with Gasteiger partial charge in [-0.1, -0.05) is 30.3 Å². The van der Waals surface area contributed by atoms with Crippen molar-refractivity contribution in [3.8, 4) is 5.75 Å². The average Bonchev–Trinajstić information content (AvgIpc) is 2.71. The van der Waals surface area contributed by atoms with Crippen molar-refractivity contribution >= 4 is 17.8 Å². The van der Waals surface area contributed by atoms with Crippen molar-refractivity contribution in [1.82, 2.24) is 4.90 Å². The van der Waals surface area contributed by atoms with Crippen molar-refractivity contribution in [2.24, 2.45) is 5.73 Å². The second kappa shape index (κ2) is 10.8. The molecule has 0 spiro atoms. The summed E-state index contributed by atoms with van der Waals surface area (Å²) in [6.45, 7) is 0.00881. The van der Waals surface area contributed by atoms with Crippen molar-refractivity contribution in [3.05, 3.63) is 65.7 Å². The molecular weight excluding hydrogens is 376 g/mol. The fourth-order valence-corrected chi connectivity index (χ4v) is 2.66. The molecule has 1 atom stereocenters. The number of aliphatic carboxylic acids is 2. The number of carbonyl (C=O) groups excluding carboxylic acids is 1. The largest absolute Gasteiger partial charge is 0.489 e. The van der Waals surface area contributed by atoms with Crippen LogP contribution in [-0.4, -0.2) is 52.1 Å². The van der Waals surface area contributed by atoms with Crippen LogP contribution in [0.5, 0.6) is 5.75 Å². The highest BCUT2D eigenvalue weighted by molar-refractivity contribution is 5.96. The Balaban J connectivity index is 1.96. The van der Waals surface area contributed by atoms with Gasteiger partial charge in [-0.25, -0.2) is 0 Å². The highest BCUT2D eigenvalue weighted by Gasteiger charge is 2.19. The van der Waals surface area contributed by atoms with E-state index >= 15 is 0 Å². The van der Waals surface area contributed by atoms with Crippen molar-refractivity contribution in [2.45, 2.75) is 25.5 Å². The summed E-state index contributed by atoms with van der Waals surface area (Å²) in [5.74, 6) is -2.15. The first-order valence-corrected chi connectivity index (χ1v) is 9.13. The van der Waals surface area contributed by atoms with Crippen LogP contribution in [0.1, 0.15) is 28.8 Å². The van der Waals surface area contributed by atoms with E-state index in [1.54, 1.807) is 24.3 Å². The summed E-state index contributed by atoms with van der Waals surface area (Å²) >= 11 is 0. The van der Waals surface area contributed by atoms with Gasteiger partial charge in [0.05, 0.1) is 0 Å². The zero-order valence-electron chi connectivity index (χ0n) is 15.9. The molecule has 0 fully saturated rings. The minimum absolute atomic E-state index is 0.0956. The third kappa shape index (κ3) is 7.27. The van der Waals surface area contributed by atoms with Crippen LogP contribution in [-0.2, 0) is 16.2 Å². The maximum atomic E-state index is 12.7. The van der Waals surface area contributed by atoms with E-state index in [4.69, 9.17) is 20.7 Å². The molecule has 154 valence electrons. The molecule has 2 aromatic rings. The number of hydrogen-bond donors (Lipinski definition) is 3. The molecule has 2 aromatic carbocycles. The van der Waals surface area contributed by atoms with E-state index in [-0.39, 0.29) is 19.4 Å². The number of carbonyl (C=O) groups is 3. The predicted octanol–water partition coefficient (Wildman–Crippen LogP) is 1.98. The molecule has 29 heavy (non-hydrogen) atoms. The monoisotopic (exact) mass is 400 g/mol. The van der Waals surface area contributed by atoms with E-state index in [2.05, 4.69) is 0 Å². The van der Waals surface area contributed by atoms with Crippen LogP contribution in [0.3, 0.4) is 0 Å². The van der Waals surface area contributed by atoms with Gasteiger partial charge in [0.1, 0.15) is 24.9 Å². The summed E-state index contributed by atoms with van der Waals surface area (Å²) in [7, 11) is 0. The van der Waals surface area contributed by atoms with Gasteiger partial charge in [-0.3, -0.25) is 14.4 Å². The molecule has 0 heterocycles. The van der Waals surface area contributed by atoms with Crippen LogP contribution in [0.25, 0.3) is 0 Å². The lowest BCUT2D eigenvalue weighted by molar-refractivity contribution is -0.139. The van der Waals surface area contributed by atoms with Gasteiger partial charge in [0.15, 0.2) is 0 Å². The molecule has 0 aliphatic heterocycles. The molecule has 0 unspecified atom stereocenters. The van der Waals surface area contributed by atoms with E-state index in [0.29, 0.717) is 17.9 Å². The van der Waals surface area contributed by atoms with Gasteiger partial charge in [0.25, 0.3) is 5.91 Å². The van der Waals surface area contributed by atoms with Gasteiger partial charge in [-0.2, -0.15) is 0 Å². The number of hydrogen-bond acceptors (Lipinski definition) is 5. The minimum atomic E-state index is -1.15. The van der Waals surface area contributed by atoms with Crippen molar-refractivity contribution < 1.29 is 29.3 Å². The summed E-state index contributed by atoms with van der Waals surface area (Å²) in [4.78, 5) is 35.7. The van der Waals surface area contributed by atoms with Crippen LogP contribution < -0.4 is 10.5 Å². The van der Waals surface area contributed by atoms with Gasteiger partial charge in [-0.05, 0) is 42.7 Å². The quantitative estimate of drug-likeness (QED) is 0.526. The van der Waals surface area contributed by atoms with Gasteiger partial charge in [-0.15, -0.1) is 0 Å². The highest BCUT2D eigenvalue weighted by Crippen LogP contribution is 2.16. The summed E-state index contributed by atoms with van der Waals surface area (Å²) < 4.78 is 5.68. The Bertz CT molecular complexity index is 823. The lowest BCUT2D eigenvalue weighted by atomic mass is 10.1. The SMILES string of the molecule is N[C@@H](CCCN(CC(=O)O)C(=O)c1ccc(OCc2ccccc2)cc1)C(=O)O. The normalized spacial score (nSPS) is 11.5. The molecule has 0 saturated carbocycles. The van der Waals surface area contributed by atoms with E-state index < -0.39 is 30.4 Å². The van der Waals surface area contributed by atoms with Crippen molar-refractivity contribution in [2.75, 3.05) is 13.1 Å². The Labute approximate surface area is 168 Å². The molecule has 2 rings (SSSR count). The number of ether oxygens (including phenoxy) is 1. The average molecular weight is 400 g/mol. The van der Waals surface area contributed by atoms with E-state index in [0.717, 1.165) is 10.5 Å². The minimum Gasteiger partial charge on any atom is -0.489 e. The van der Waals surface area contributed by atoms with E-state index in [9.17, 15) is 14.4 Å². The zero-order chi connectivity index (χ0) is 21.2. The van der Waals surface area contributed by atoms with Crippen LogP contribution in [0.4, 0.5) is 0 Å². The first-order chi connectivity index (χ1) is 13.9. The first-order valence-electron chi connectivity index (χ1n) is 9.13. The Kier molecular flexibility index (Phi) is 8.17. The summed E-state index contributed by atoms with van der Waals surface area (Å²) in [5, 5.41) is 17.9. The standard InChI is InChI=1S/C21H24N2O6/c22-18(21(27)28)7-4-12-23(13-19(24)25)20(26)16-8-10-17(11-9-16)29-14-15-5-2-1-3-6-15/h1-3,5-6,8-11,18H,4,7,12-14,22H2,(H,24,25)(H,27,28)/t18-/m0/s1. The second-order valence-electron chi connectivity index (χ2n) is 6.51. The molecule has 8 heteroatoms. The number of nitrogens with two attached hydrogens (primary N) is 1. The molecule has 4 N–H and O–H groups in total. The van der Waals surface area contributed by atoms with Crippen LogP contribution in [0, 0.1) is 0 Å². The van der Waals surface area contributed by atoms with Gasteiger partial charge < -0.3 is 25.6 Å². The number of amides is 1. The van der Waals surface area contributed by atoms with Gasteiger partial charge in [0, 0.05) is 12.1 Å². The first kappa shape index (κ1) is 21.9.